The highest BCUT2D eigenvalue weighted by Crippen LogP contribution is 2.18. The molecule has 3 rings (SSSR count). The molecule has 1 N–H and O–H groups in total. The van der Waals surface area contributed by atoms with E-state index in [2.05, 4.69) is 11.9 Å². The van der Waals surface area contributed by atoms with Crippen molar-refractivity contribution >= 4 is 28.7 Å². The van der Waals surface area contributed by atoms with E-state index >= 15 is 0 Å². The zero-order chi connectivity index (χ0) is 22.4. The lowest BCUT2D eigenvalue weighted by Crippen LogP contribution is -2.49. The summed E-state index contributed by atoms with van der Waals surface area (Å²) in [7, 11) is -1.39. The predicted molar refractivity (Wildman–Crippen MR) is 116 cm³/mol. The molecular weight excluding hydrogens is 421 g/mol. The van der Waals surface area contributed by atoms with Crippen LogP contribution >= 0.6 is 0 Å². The average molecular weight is 446 g/mol. The molecule has 1 fully saturated rings. The van der Waals surface area contributed by atoms with Gasteiger partial charge in [-0.3, -0.25) is 4.79 Å². The Hall–Kier alpha value is -3.04. The number of amides is 2. The summed E-state index contributed by atoms with van der Waals surface area (Å²) in [4.78, 5) is 25.8. The topological polar surface area (TPSA) is 79.0 Å². The van der Waals surface area contributed by atoms with Crippen LogP contribution in [0.2, 0.25) is 0 Å². The van der Waals surface area contributed by atoms with Crippen molar-refractivity contribution in [3.05, 3.63) is 72.1 Å². The van der Waals surface area contributed by atoms with E-state index in [1.54, 1.807) is 47.6 Å². The first kappa shape index (κ1) is 22.6. The van der Waals surface area contributed by atoms with Gasteiger partial charge in [0.2, 0.25) is 5.91 Å². The van der Waals surface area contributed by atoms with Gasteiger partial charge in [0.15, 0.2) is 0 Å². The van der Waals surface area contributed by atoms with Gasteiger partial charge < -0.3 is 15.0 Å². The molecule has 1 heterocycles. The molecule has 1 aliphatic rings. The van der Waals surface area contributed by atoms with Gasteiger partial charge in [-0.05, 0) is 48.9 Å². The first-order valence-corrected chi connectivity index (χ1v) is 10.9. The van der Waals surface area contributed by atoms with Crippen LogP contribution in [-0.4, -0.2) is 51.6 Å². The summed E-state index contributed by atoms with van der Waals surface area (Å²) < 4.78 is 33.7. The first-order chi connectivity index (χ1) is 14.9. The minimum atomic E-state index is -1.39. The number of hydrogen-bond acceptors (Lipinski definition) is 4. The van der Waals surface area contributed by atoms with Crippen molar-refractivity contribution in [3.63, 3.8) is 0 Å². The third-order valence-corrected chi connectivity index (χ3v) is 6.44. The van der Waals surface area contributed by atoms with E-state index in [0.29, 0.717) is 42.3 Å². The van der Waals surface area contributed by atoms with Gasteiger partial charge >= 0.3 is 6.09 Å². The number of piperazine rings is 1. The summed E-state index contributed by atoms with van der Waals surface area (Å²) in [6, 6.07) is 11.4. The molecule has 0 saturated carbocycles. The van der Waals surface area contributed by atoms with Gasteiger partial charge in [0.1, 0.15) is 23.4 Å². The van der Waals surface area contributed by atoms with Crippen LogP contribution in [0.5, 0.6) is 0 Å². The van der Waals surface area contributed by atoms with Gasteiger partial charge in [0.25, 0.3) is 0 Å². The number of benzene rings is 2. The number of aryl methyl sites for hydroxylation is 1. The fourth-order valence-electron chi connectivity index (χ4n) is 3.11. The number of hydrogen-bond donors (Lipinski definition) is 1. The Balaban J connectivity index is 1.50. The Morgan fingerprint density at radius 2 is 1.84 bits per heavy atom. The molecule has 164 valence electrons. The van der Waals surface area contributed by atoms with E-state index in [4.69, 9.17) is 4.74 Å². The Bertz CT molecular complexity index is 969. The predicted octanol–water partition coefficient (Wildman–Crippen LogP) is 3.24. The van der Waals surface area contributed by atoms with Crippen LogP contribution in [0.15, 0.2) is 60.0 Å². The number of ether oxygens (including phenoxy) is 1. The van der Waals surface area contributed by atoms with Crippen LogP contribution in [-0.2, 0) is 27.1 Å². The smallest absolute Gasteiger partial charge is 0.410 e. The molecule has 7 nitrogen and oxygen atoms in total. The molecule has 2 amide bonds. The van der Waals surface area contributed by atoms with Crippen LogP contribution in [0, 0.1) is 12.7 Å². The highest BCUT2D eigenvalue weighted by molar-refractivity contribution is 7.82. The monoisotopic (exact) mass is 445 g/mol. The van der Waals surface area contributed by atoms with Crippen molar-refractivity contribution in [2.24, 2.45) is 0 Å². The van der Waals surface area contributed by atoms with Gasteiger partial charge in [-0.1, -0.05) is 18.7 Å². The van der Waals surface area contributed by atoms with Crippen molar-refractivity contribution in [3.8, 4) is 0 Å². The van der Waals surface area contributed by atoms with E-state index in [0.717, 1.165) is 5.56 Å². The molecule has 2 aromatic carbocycles. The van der Waals surface area contributed by atoms with Crippen LogP contribution in [0.3, 0.4) is 0 Å². The van der Waals surface area contributed by atoms with E-state index in [9.17, 15) is 18.2 Å². The SMILES string of the molecule is C=CC(=O)Nc1ccc(S(=O)N2CCN(C(=O)OCc3c(C)cccc3F)CC2)cc1. The Morgan fingerprint density at radius 1 is 1.16 bits per heavy atom. The minimum Gasteiger partial charge on any atom is -0.444 e. The molecule has 0 bridgehead atoms. The number of halogens is 1. The van der Waals surface area contributed by atoms with E-state index in [1.807, 2.05) is 0 Å². The highest BCUT2D eigenvalue weighted by atomic mass is 32.2. The molecule has 1 aliphatic heterocycles. The quantitative estimate of drug-likeness (QED) is 0.693. The number of nitrogens with one attached hydrogen (secondary N) is 1. The summed E-state index contributed by atoms with van der Waals surface area (Å²) in [6.07, 6.45) is 0.657. The molecule has 0 aromatic heterocycles. The molecular formula is C22H24FN3O4S. The van der Waals surface area contributed by atoms with Gasteiger partial charge in [-0.15, -0.1) is 0 Å². The second-order valence-corrected chi connectivity index (χ2v) is 8.46. The molecule has 2 aromatic rings. The number of rotatable bonds is 6. The summed E-state index contributed by atoms with van der Waals surface area (Å²) in [5, 5.41) is 2.64. The largest absolute Gasteiger partial charge is 0.444 e. The normalized spacial score (nSPS) is 15.2. The molecule has 0 spiro atoms. The molecule has 0 aliphatic carbocycles. The van der Waals surface area contributed by atoms with Gasteiger partial charge in [0, 0.05) is 37.4 Å². The Kier molecular flexibility index (Phi) is 7.54. The lowest BCUT2D eigenvalue weighted by Gasteiger charge is -2.33. The van der Waals surface area contributed by atoms with Crippen molar-refractivity contribution in [1.29, 1.82) is 0 Å². The van der Waals surface area contributed by atoms with Crippen molar-refractivity contribution in [2.45, 2.75) is 18.4 Å². The molecule has 31 heavy (non-hydrogen) atoms. The number of nitrogens with zero attached hydrogens (tertiary/aromatic N) is 2. The van der Waals surface area contributed by atoms with E-state index in [1.165, 1.54) is 17.0 Å². The average Bonchev–Trinajstić information content (AvgIpc) is 2.78. The Morgan fingerprint density at radius 3 is 2.45 bits per heavy atom. The molecule has 0 radical (unpaired) electrons. The second kappa shape index (κ2) is 10.3. The maximum Gasteiger partial charge on any atom is 0.410 e. The molecule has 1 saturated heterocycles. The first-order valence-electron chi connectivity index (χ1n) is 9.75. The van der Waals surface area contributed by atoms with E-state index in [-0.39, 0.29) is 12.5 Å². The number of anilines is 1. The lowest BCUT2D eigenvalue weighted by molar-refractivity contribution is -0.111. The highest BCUT2D eigenvalue weighted by Gasteiger charge is 2.26. The van der Waals surface area contributed by atoms with Crippen LogP contribution < -0.4 is 5.32 Å². The summed E-state index contributed by atoms with van der Waals surface area (Å²) in [5.74, 6) is -0.717. The van der Waals surface area contributed by atoms with E-state index < -0.39 is 22.9 Å². The molecule has 9 heteroatoms. The van der Waals surface area contributed by atoms with Gasteiger partial charge in [-0.25, -0.2) is 17.7 Å². The van der Waals surface area contributed by atoms with Crippen molar-refractivity contribution in [1.82, 2.24) is 9.21 Å². The van der Waals surface area contributed by atoms with Gasteiger partial charge in [0.05, 0.1) is 4.90 Å². The third kappa shape index (κ3) is 5.77. The maximum atomic E-state index is 13.9. The maximum absolute atomic E-state index is 13.9. The molecule has 1 atom stereocenters. The zero-order valence-electron chi connectivity index (χ0n) is 17.2. The van der Waals surface area contributed by atoms with Gasteiger partial charge in [-0.2, -0.15) is 0 Å². The molecule has 1 unspecified atom stereocenters. The second-order valence-electron chi connectivity index (χ2n) is 6.97. The summed E-state index contributed by atoms with van der Waals surface area (Å²) in [6.45, 7) is 6.57. The van der Waals surface area contributed by atoms with Crippen molar-refractivity contribution < 1.29 is 22.9 Å². The fourth-order valence-corrected chi connectivity index (χ4v) is 4.27. The minimum absolute atomic E-state index is 0.127. The standard InChI is InChI=1S/C22H24FN3O4S/c1-3-21(27)24-17-7-9-18(10-8-17)31(29)26-13-11-25(12-14-26)22(28)30-15-19-16(2)5-4-6-20(19)23/h3-10H,1,11-15H2,2H3,(H,24,27). The van der Waals surface area contributed by atoms with Crippen LogP contribution in [0.4, 0.5) is 14.9 Å². The number of carbonyl (C=O) groups excluding carboxylic acids is 2. The summed E-state index contributed by atoms with van der Waals surface area (Å²) in [5.41, 5.74) is 1.68. The van der Waals surface area contributed by atoms with Crippen LogP contribution in [0.25, 0.3) is 0 Å². The third-order valence-electron chi connectivity index (χ3n) is 4.93. The Labute approximate surface area is 183 Å². The number of carbonyl (C=O) groups is 2. The lowest BCUT2D eigenvalue weighted by atomic mass is 10.1. The van der Waals surface area contributed by atoms with Crippen LogP contribution in [0.1, 0.15) is 11.1 Å². The zero-order valence-corrected chi connectivity index (χ0v) is 18.0. The van der Waals surface area contributed by atoms with Crippen molar-refractivity contribution in [2.75, 3.05) is 31.5 Å². The summed E-state index contributed by atoms with van der Waals surface area (Å²) >= 11 is 0. The fraction of sp³-hybridized carbons (Fsp3) is 0.273.